The topological polar surface area (TPSA) is 46.2 Å². The smallest absolute Gasteiger partial charge is 0.251 e. The lowest BCUT2D eigenvalue weighted by molar-refractivity contribution is 0.0946. The highest BCUT2D eigenvalue weighted by Gasteiger charge is 2.20. The Morgan fingerprint density at radius 3 is 2.86 bits per heavy atom. The summed E-state index contributed by atoms with van der Waals surface area (Å²) < 4.78 is 0.803. The molecule has 0 atom stereocenters. The third-order valence-corrected chi connectivity index (χ3v) is 4.79. The van der Waals surface area contributed by atoms with Gasteiger partial charge in [-0.2, -0.15) is 0 Å². The normalized spacial score (nSPS) is 13.5. The predicted octanol–water partition coefficient (Wildman–Crippen LogP) is 3.27. The third-order valence-electron chi connectivity index (χ3n) is 3.73. The van der Waals surface area contributed by atoms with E-state index in [-0.39, 0.29) is 11.7 Å². The maximum absolute atomic E-state index is 12.7. The molecule has 1 amide bonds. The van der Waals surface area contributed by atoms with Gasteiger partial charge in [-0.15, -0.1) is 0 Å². The van der Waals surface area contributed by atoms with Gasteiger partial charge in [-0.25, -0.2) is 0 Å². The molecule has 1 aliphatic heterocycles. The molecule has 2 aromatic rings. The van der Waals surface area contributed by atoms with Crippen molar-refractivity contribution in [3.05, 3.63) is 68.7 Å². The molecule has 0 spiro atoms. The minimum Gasteiger partial charge on any atom is -0.352 e. The Labute approximate surface area is 131 Å². The Morgan fingerprint density at radius 2 is 2.05 bits per heavy atom. The van der Waals surface area contributed by atoms with Crippen LogP contribution in [-0.2, 0) is 6.42 Å². The second-order valence-corrected chi connectivity index (χ2v) is 5.94. The van der Waals surface area contributed by atoms with Crippen molar-refractivity contribution < 1.29 is 9.59 Å². The van der Waals surface area contributed by atoms with E-state index in [4.69, 9.17) is 0 Å². The maximum Gasteiger partial charge on any atom is 0.251 e. The van der Waals surface area contributed by atoms with Gasteiger partial charge in [-0.1, -0.05) is 24.3 Å². The van der Waals surface area contributed by atoms with E-state index in [0.29, 0.717) is 23.2 Å². The summed E-state index contributed by atoms with van der Waals surface area (Å²) in [4.78, 5) is 24.5. The molecule has 21 heavy (non-hydrogen) atoms. The number of benzene rings is 2. The molecule has 0 bridgehead atoms. The molecule has 0 radical (unpaired) electrons. The number of ketones is 1. The van der Waals surface area contributed by atoms with Gasteiger partial charge < -0.3 is 5.32 Å². The van der Waals surface area contributed by atoms with Gasteiger partial charge in [0.1, 0.15) is 0 Å². The highest BCUT2D eigenvalue weighted by molar-refractivity contribution is 9.10. The molecule has 0 fully saturated rings. The molecule has 0 unspecified atom stereocenters. The molecular weight excluding hydrogens is 330 g/mol. The summed E-state index contributed by atoms with van der Waals surface area (Å²) in [7, 11) is 0. The van der Waals surface area contributed by atoms with Crippen molar-refractivity contribution in [3.8, 4) is 0 Å². The Balaban J connectivity index is 2.05. The summed E-state index contributed by atoms with van der Waals surface area (Å²) in [5.74, 6) is -0.180. The number of carbonyl (C=O) groups excluding carboxylic acids is 2. The van der Waals surface area contributed by atoms with Crippen LogP contribution in [0, 0.1) is 6.92 Å². The predicted molar refractivity (Wildman–Crippen MR) is 84.8 cm³/mol. The molecule has 3 rings (SSSR count). The summed E-state index contributed by atoms with van der Waals surface area (Å²) in [5.41, 5.74) is 3.77. The van der Waals surface area contributed by atoms with Crippen LogP contribution in [0.2, 0.25) is 0 Å². The zero-order valence-electron chi connectivity index (χ0n) is 11.6. The van der Waals surface area contributed by atoms with Crippen LogP contribution >= 0.6 is 15.9 Å². The molecular formula is C17H14BrNO2. The van der Waals surface area contributed by atoms with Crippen LogP contribution in [0.3, 0.4) is 0 Å². The zero-order chi connectivity index (χ0) is 15.0. The molecule has 1 aliphatic rings. The van der Waals surface area contributed by atoms with E-state index in [2.05, 4.69) is 21.2 Å². The molecule has 106 valence electrons. The molecule has 1 heterocycles. The fourth-order valence-corrected chi connectivity index (χ4v) is 2.98. The van der Waals surface area contributed by atoms with Gasteiger partial charge in [-0.05, 0) is 52.5 Å². The number of halogens is 1. The lowest BCUT2D eigenvalue weighted by Crippen LogP contribution is -2.32. The Morgan fingerprint density at radius 1 is 1.24 bits per heavy atom. The van der Waals surface area contributed by atoms with Gasteiger partial charge in [0.05, 0.1) is 0 Å². The van der Waals surface area contributed by atoms with Crippen LogP contribution in [-0.4, -0.2) is 18.2 Å². The van der Waals surface area contributed by atoms with E-state index < -0.39 is 0 Å². The van der Waals surface area contributed by atoms with Crippen LogP contribution in [0.5, 0.6) is 0 Å². The molecule has 0 saturated heterocycles. The second kappa shape index (κ2) is 5.45. The van der Waals surface area contributed by atoms with Crippen molar-refractivity contribution in [2.75, 3.05) is 6.54 Å². The average Bonchev–Trinajstić information content (AvgIpc) is 2.49. The van der Waals surface area contributed by atoms with Gasteiger partial charge in [0, 0.05) is 27.7 Å². The molecule has 4 heteroatoms. The SMILES string of the molecule is Cc1cccc(C(=O)c2ccc3c(c2)C(=O)NCC3)c1Br. The van der Waals surface area contributed by atoms with Crippen molar-refractivity contribution in [2.45, 2.75) is 13.3 Å². The first kappa shape index (κ1) is 14.0. The van der Waals surface area contributed by atoms with Crippen LogP contribution in [0.15, 0.2) is 40.9 Å². The average molecular weight is 344 g/mol. The molecule has 1 N–H and O–H groups in total. The standard InChI is InChI=1S/C17H14BrNO2/c1-10-3-2-4-13(15(10)18)16(20)12-6-5-11-7-8-19-17(21)14(11)9-12/h2-6,9H,7-8H2,1H3,(H,19,21). The number of rotatable bonds is 2. The Bertz CT molecular complexity index is 752. The fraction of sp³-hybridized carbons (Fsp3) is 0.176. The quantitative estimate of drug-likeness (QED) is 0.850. The fourth-order valence-electron chi connectivity index (χ4n) is 2.53. The first-order chi connectivity index (χ1) is 10.1. The van der Waals surface area contributed by atoms with E-state index in [0.717, 1.165) is 22.0 Å². The van der Waals surface area contributed by atoms with Crippen molar-refractivity contribution in [3.63, 3.8) is 0 Å². The number of carbonyl (C=O) groups is 2. The van der Waals surface area contributed by atoms with E-state index in [9.17, 15) is 9.59 Å². The van der Waals surface area contributed by atoms with Crippen LogP contribution in [0.4, 0.5) is 0 Å². The first-order valence-corrected chi connectivity index (χ1v) is 7.58. The van der Waals surface area contributed by atoms with Crippen molar-refractivity contribution >= 4 is 27.6 Å². The second-order valence-electron chi connectivity index (χ2n) is 5.14. The number of hydrogen-bond donors (Lipinski definition) is 1. The Kier molecular flexibility index (Phi) is 3.64. The van der Waals surface area contributed by atoms with E-state index in [1.165, 1.54) is 0 Å². The van der Waals surface area contributed by atoms with Gasteiger partial charge in [0.15, 0.2) is 5.78 Å². The Hall–Kier alpha value is -1.94. The maximum atomic E-state index is 12.7. The van der Waals surface area contributed by atoms with Gasteiger partial charge in [0.2, 0.25) is 0 Å². The van der Waals surface area contributed by atoms with Crippen molar-refractivity contribution in [1.29, 1.82) is 0 Å². The summed E-state index contributed by atoms with van der Waals surface area (Å²) in [6.45, 7) is 2.60. The molecule has 3 nitrogen and oxygen atoms in total. The number of amides is 1. The monoisotopic (exact) mass is 343 g/mol. The van der Waals surface area contributed by atoms with Crippen molar-refractivity contribution in [1.82, 2.24) is 5.32 Å². The number of nitrogens with one attached hydrogen (secondary N) is 1. The first-order valence-electron chi connectivity index (χ1n) is 6.79. The minimum atomic E-state index is -0.103. The molecule has 0 aromatic heterocycles. The van der Waals surface area contributed by atoms with Crippen LogP contribution < -0.4 is 5.32 Å². The summed E-state index contributed by atoms with van der Waals surface area (Å²) in [6.07, 6.45) is 0.809. The van der Waals surface area contributed by atoms with E-state index >= 15 is 0 Å². The zero-order valence-corrected chi connectivity index (χ0v) is 13.2. The summed E-state index contributed by atoms with van der Waals surface area (Å²) >= 11 is 3.46. The lowest BCUT2D eigenvalue weighted by Gasteiger charge is -2.17. The summed E-state index contributed by atoms with van der Waals surface area (Å²) in [5, 5.41) is 2.81. The van der Waals surface area contributed by atoms with Gasteiger partial charge in [-0.3, -0.25) is 9.59 Å². The number of fused-ring (bicyclic) bond motifs is 1. The van der Waals surface area contributed by atoms with Crippen molar-refractivity contribution in [2.24, 2.45) is 0 Å². The van der Waals surface area contributed by atoms with Crippen LogP contribution in [0.25, 0.3) is 0 Å². The highest BCUT2D eigenvalue weighted by Crippen LogP contribution is 2.25. The minimum absolute atomic E-state index is 0.0771. The number of aryl methyl sites for hydroxylation is 1. The number of hydrogen-bond acceptors (Lipinski definition) is 2. The molecule has 0 saturated carbocycles. The van der Waals surface area contributed by atoms with Gasteiger partial charge in [0.25, 0.3) is 5.91 Å². The molecule has 2 aromatic carbocycles. The third kappa shape index (κ3) is 2.51. The van der Waals surface area contributed by atoms with Crippen LogP contribution in [0.1, 0.15) is 37.4 Å². The van der Waals surface area contributed by atoms with Gasteiger partial charge >= 0.3 is 0 Å². The molecule has 0 aliphatic carbocycles. The van der Waals surface area contributed by atoms with E-state index in [1.54, 1.807) is 18.2 Å². The summed E-state index contributed by atoms with van der Waals surface area (Å²) in [6, 6.07) is 11.0. The largest absolute Gasteiger partial charge is 0.352 e. The van der Waals surface area contributed by atoms with E-state index in [1.807, 2.05) is 25.1 Å². The highest BCUT2D eigenvalue weighted by atomic mass is 79.9. The lowest BCUT2D eigenvalue weighted by atomic mass is 9.94.